The quantitative estimate of drug-likeness (QED) is 0.209. The molecule has 0 spiro atoms. The fourth-order valence-electron chi connectivity index (χ4n) is 5.23. The van der Waals surface area contributed by atoms with Gasteiger partial charge in [-0.25, -0.2) is 0 Å². The fourth-order valence-corrected chi connectivity index (χ4v) is 5.23. The van der Waals surface area contributed by atoms with Gasteiger partial charge in [-0.3, -0.25) is 19.2 Å². The Kier molecular flexibility index (Phi) is 13.6. The maximum Gasteiger partial charge on any atom is 0.309 e. The zero-order valence-corrected chi connectivity index (χ0v) is 28.1. The predicted octanol–water partition coefficient (Wildman–Crippen LogP) is 4.50. The first-order valence-corrected chi connectivity index (χ1v) is 16.0. The zero-order valence-electron chi connectivity index (χ0n) is 28.1. The summed E-state index contributed by atoms with van der Waals surface area (Å²) >= 11 is 0. The van der Waals surface area contributed by atoms with Crippen LogP contribution in [0.5, 0.6) is 17.2 Å². The van der Waals surface area contributed by atoms with Gasteiger partial charge in [0.05, 0.1) is 46.5 Å². The number of anilines is 1. The molecular formula is C37H43N3O9. The molecule has 0 radical (unpaired) electrons. The number of rotatable bonds is 10. The molecule has 0 saturated heterocycles. The predicted molar refractivity (Wildman–Crippen MR) is 182 cm³/mol. The Bertz CT molecular complexity index is 1610. The van der Waals surface area contributed by atoms with Gasteiger partial charge in [-0.2, -0.15) is 0 Å². The van der Waals surface area contributed by atoms with Gasteiger partial charge in [0.25, 0.3) is 5.91 Å². The summed E-state index contributed by atoms with van der Waals surface area (Å²) in [6.45, 7) is 3.26. The van der Waals surface area contributed by atoms with Crippen LogP contribution in [0.2, 0.25) is 0 Å². The Hall–Kier alpha value is -5.36. The lowest BCUT2D eigenvalue weighted by Gasteiger charge is -2.28. The van der Waals surface area contributed by atoms with Crippen molar-refractivity contribution in [3.8, 4) is 17.2 Å². The largest absolute Gasteiger partial charge is 0.493 e. The van der Waals surface area contributed by atoms with Crippen molar-refractivity contribution in [3.63, 3.8) is 0 Å². The maximum absolute atomic E-state index is 14.1. The molecule has 3 aromatic rings. The number of methoxy groups -OCH3 is 2. The van der Waals surface area contributed by atoms with Gasteiger partial charge >= 0.3 is 5.97 Å². The van der Waals surface area contributed by atoms with Gasteiger partial charge in [-0.05, 0) is 41.3 Å². The minimum absolute atomic E-state index is 0.00378. The number of carbonyl (C=O) groups is 4. The second-order valence-electron chi connectivity index (χ2n) is 11.5. The number of hydrogen-bond acceptors (Lipinski definition) is 9. The molecule has 0 saturated carbocycles. The molecule has 1 aliphatic rings. The van der Waals surface area contributed by atoms with Crippen molar-refractivity contribution >= 4 is 29.4 Å². The highest BCUT2D eigenvalue weighted by Gasteiger charge is 2.31. The molecule has 4 rings (SSSR count). The minimum atomic E-state index is -1.15. The van der Waals surface area contributed by atoms with E-state index in [1.54, 1.807) is 42.5 Å². The number of amides is 3. The van der Waals surface area contributed by atoms with E-state index in [1.165, 1.54) is 21.1 Å². The van der Waals surface area contributed by atoms with Crippen LogP contribution in [0.4, 0.5) is 5.69 Å². The molecular weight excluding hydrogens is 630 g/mol. The van der Waals surface area contributed by atoms with Crippen LogP contribution in [0.25, 0.3) is 0 Å². The van der Waals surface area contributed by atoms with Gasteiger partial charge in [-0.15, -0.1) is 0 Å². The summed E-state index contributed by atoms with van der Waals surface area (Å²) in [7, 11) is 2.99. The van der Waals surface area contributed by atoms with E-state index in [9.17, 15) is 19.2 Å². The molecule has 3 N–H and O–H groups in total. The van der Waals surface area contributed by atoms with Crippen molar-refractivity contribution in [2.75, 3.05) is 32.8 Å². The molecule has 1 unspecified atom stereocenters. The number of hydrogen-bond donors (Lipinski definition) is 3. The zero-order chi connectivity index (χ0) is 35.2. The van der Waals surface area contributed by atoms with E-state index in [4.69, 9.17) is 23.7 Å². The summed E-state index contributed by atoms with van der Waals surface area (Å²) in [5.41, 5.74) is 2.16. The third-order valence-electron chi connectivity index (χ3n) is 7.71. The van der Waals surface area contributed by atoms with Crippen LogP contribution in [0.15, 0.2) is 84.9 Å². The number of benzene rings is 3. The smallest absolute Gasteiger partial charge is 0.309 e. The van der Waals surface area contributed by atoms with E-state index >= 15 is 0 Å². The van der Waals surface area contributed by atoms with E-state index in [0.717, 1.165) is 5.56 Å². The van der Waals surface area contributed by atoms with Crippen molar-refractivity contribution in [2.45, 2.75) is 51.5 Å². The highest BCUT2D eigenvalue weighted by molar-refractivity contribution is 5.90. The third-order valence-corrected chi connectivity index (χ3v) is 7.71. The van der Waals surface area contributed by atoms with Crippen LogP contribution in [0, 0.1) is 5.92 Å². The van der Waals surface area contributed by atoms with Gasteiger partial charge in [0.15, 0.2) is 17.6 Å². The molecule has 260 valence electrons. The highest BCUT2D eigenvalue weighted by Crippen LogP contribution is 2.32. The molecule has 3 aromatic carbocycles. The molecule has 1 heterocycles. The Balaban J connectivity index is 1.65. The van der Waals surface area contributed by atoms with Crippen LogP contribution in [-0.4, -0.2) is 63.3 Å². The van der Waals surface area contributed by atoms with Crippen molar-refractivity contribution in [1.29, 1.82) is 0 Å². The number of nitrogens with one attached hydrogen (secondary N) is 3. The Morgan fingerprint density at radius 3 is 2.43 bits per heavy atom. The molecule has 0 aliphatic carbocycles. The number of carbonyl (C=O) groups excluding carboxylic acids is 4. The topological polar surface area (TPSA) is 151 Å². The van der Waals surface area contributed by atoms with Crippen LogP contribution in [0.3, 0.4) is 0 Å². The van der Waals surface area contributed by atoms with Crippen LogP contribution < -0.4 is 30.2 Å². The van der Waals surface area contributed by atoms with Gasteiger partial charge in [0, 0.05) is 25.1 Å². The van der Waals surface area contributed by atoms with Crippen molar-refractivity contribution in [1.82, 2.24) is 10.6 Å². The lowest BCUT2D eigenvalue weighted by molar-refractivity contribution is -0.144. The van der Waals surface area contributed by atoms with Crippen LogP contribution >= 0.6 is 0 Å². The number of cyclic esters (lactones) is 1. The van der Waals surface area contributed by atoms with Crippen LogP contribution in [0.1, 0.15) is 43.9 Å². The van der Waals surface area contributed by atoms with Gasteiger partial charge < -0.3 is 39.6 Å². The van der Waals surface area contributed by atoms with Crippen molar-refractivity contribution < 1.29 is 42.9 Å². The van der Waals surface area contributed by atoms with Crippen molar-refractivity contribution in [3.05, 3.63) is 96.1 Å². The first-order valence-electron chi connectivity index (χ1n) is 16.0. The molecule has 49 heavy (non-hydrogen) atoms. The molecule has 12 nitrogen and oxygen atoms in total. The number of ether oxygens (including phenoxy) is 5. The second kappa shape index (κ2) is 18.3. The molecule has 12 heteroatoms. The second-order valence-corrected chi connectivity index (χ2v) is 11.5. The Morgan fingerprint density at radius 1 is 0.918 bits per heavy atom. The average Bonchev–Trinajstić information content (AvgIpc) is 3.09. The SMILES string of the molecule is COc1ccc(OC2CCOC(=O)C/C=C/[C@H](C)[C@H](c3cccc(NC(C)=O)c3)NC(=O)[C@H](COCc3ccccc3)NC2=O)cc1OC. The fraction of sp³-hybridized carbons (Fsp3) is 0.351. The minimum Gasteiger partial charge on any atom is -0.493 e. The van der Waals surface area contributed by atoms with Gasteiger partial charge in [-0.1, -0.05) is 61.5 Å². The van der Waals surface area contributed by atoms with E-state index in [1.807, 2.05) is 49.4 Å². The summed E-state index contributed by atoms with van der Waals surface area (Å²) in [5.74, 6) is -0.964. The molecule has 4 atom stereocenters. The maximum atomic E-state index is 14.1. The van der Waals surface area contributed by atoms with Crippen LogP contribution in [-0.2, 0) is 35.3 Å². The standard InChI is InChI=1S/C37H43N3O9/c1-24-10-8-15-34(42)48-19-18-32(49-29-16-17-31(45-3)33(21-29)46-4)37(44)39-30(23-47-22-26-11-6-5-7-12-26)36(43)40-35(24)27-13-9-14-28(20-27)38-25(2)41/h5-14,16-17,20-21,24,30,32,35H,15,18-19,22-23H2,1-4H3,(H,38,41)(H,39,44)(H,40,43)/b10-8+/t24-,30-,32?,35+/m0/s1. The highest BCUT2D eigenvalue weighted by atomic mass is 16.5. The first kappa shape index (κ1) is 36.5. The van der Waals surface area contributed by atoms with Gasteiger partial charge in [0.1, 0.15) is 11.8 Å². The summed E-state index contributed by atoms with van der Waals surface area (Å²) in [6, 6.07) is 19.7. The molecule has 0 bridgehead atoms. The Labute approximate surface area is 286 Å². The van der Waals surface area contributed by atoms with Gasteiger partial charge in [0.2, 0.25) is 11.8 Å². The van der Waals surface area contributed by atoms with E-state index in [0.29, 0.717) is 28.5 Å². The summed E-state index contributed by atoms with van der Waals surface area (Å²) in [6.07, 6.45) is 2.34. The Morgan fingerprint density at radius 2 is 1.69 bits per heavy atom. The average molecular weight is 674 g/mol. The van der Waals surface area contributed by atoms with Crippen molar-refractivity contribution in [2.24, 2.45) is 5.92 Å². The van der Waals surface area contributed by atoms with E-state index in [2.05, 4.69) is 16.0 Å². The molecule has 0 aromatic heterocycles. The van der Waals surface area contributed by atoms with E-state index in [-0.39, 0.29) is 44.5 Å². The summed E-state index contributed by atoms with van der Waals surface area (Å²) in [4.78, 5) is 52.3. The molecule has 1 aliphatic heterocycles. The summed E-state index contributed by atoms with van der Waals surface area (Å²) in [5, 5.41) is 8.64. The lowest BCUT2D eigenvalue weighted by atomic mass is 9.93. The normalized spacial score (nSPS) is 21.1. The number of esters is 1. The summed E-state index contributed by atoms with van der Waals surface area (Å²) < 4.78 is 28.1. The monoisotopic (exact) mass is 673 g/mol. The van der Waals surface area contributed by atoms with E-state index < -0.39 is 36.0 Å². The third kappa shape index (κ3) is 11.1. The molecule has 0 fully saturated rings. The first-order chi connectivity index (χ1) is 23.7. The molecule has 3 amide bonds. The lowest BCUT2D eigenvalue weighted by Crippen LogP contribution is -2.54.